The number of hydrogen-bond acceptors (Lipinski definition) is 10. The molecule has 13 nitrogen and oxygen atoms in total. The Kier molecular flexibility index (Phi) is 8.22. The normalized spacial score (nSPS) is 16.9. The van der Waals surface area contributed by atoms with Crippen LogP contribution in [0.15, 0.2) is 18.3 Å². The molecule has 2 aliphatic heterocycles. The van der Waals surface area contributed by atoms with Crippen molar-refractivity contribution in [2.45, 2.75) is 20.4 Å². The van der Waals surface area contributed by atoms with Crippen LogP contribution in [0.1, 0.15) is 38.6 Å². The first kappa shape index (κ1) is 28.5. The van der Waals surface area contributed by atoms with E-state index < -0.39 is 0 Å². The molecule has 0 aliphatic carbocycles. The molecule has 5 rings (SSSR count). The number of piperazine rings is 1. The molecule has 1 fully saturated rings. The number of pyridine rings is 1. The van der Waals surface area contributed by atoms with Gasteiger partial charge in [0.15, 0.2) is 5.82 Å². The first-order chi connectivity index (χ1) is 19.7. The SMILES string of the molecule is COc1c(C)cnc(CN2C(=O)/C(=C\c3ccc(C(=O)NCCN4CCN(O)CC4)[nH]3)c3c(Cl)nc(N)nc32)c1C. The van der Waals surface area contributed by atoms with Gasteiger partial charge in [-0.3, -0.25) is 24.4 Å². The number of aromatic nitrogens is 4. The maximum Gasteiger partial charge on any atom is 0.267 e. The van der Waals surface area contributed by atoms with Gasteiger partial charge >= 0.3 is 0 Å². The third kappa shape index (κ3) is 5.88. The molecule has 5 heterocycles. The molecular formula is C27H32ClN9O4. The van der Waals surface area contributed by atoms with E-state index in [0.717, 1.165) is 24.2 Å². The van der Waals surface area contributed by atoms with Crippen molar-refractivity contribution in [3.8, 4) is 5.75 Å². The van der Waals surface area contributed by atoms with Crippen molar-refractivity contribution in [3.63, 3.8) is 0 Å². The van der Waals surface area contributed by atoms with E-state index in [1.54, 1.807) is 31.5 Å². The lowest BCUT2D eigenvalue weighted by Gasteiger charge is -2.30. The minimum absolute atomic E-state index is 0.0484. The van der Waals surface area contributed by atoms with E-state index in [1.807, 2.05) is 13.8 Å². The van der Waals surface area contributed by atoms with Gasteiger partial charge in [-0.15, -0.1) is 0 Å². The Hall–Kier alpha value is -4.04. The van der Waals surface area contributed by atoms with Gasteiger partial charge in [-0.25, -0.2) is 4.98 Å². The predicted molar refractivity (Wildman–Crippen MR) is 154 cm³/mol. The van der Waals surface area contributed by atoms with Crippen LogP contribution < -0.4 is 20.7 Å². The summed E-state index contributed by atoms with van der Waals surface area (Å²) in [6.45, 7) is 7.69. The number of nitrogens with two attached hydrogens (primary N) is 1. The lowest BCUT2D eigenvalue weighted by Crippen LogP contribution is -2.47. The number of H-pyrrole nitrogens is 1. The maximum absolute atomic E-state index is 13.7. The van der Waals surface area contributed by atoms with Crippen LogP contribution in [0, 0.1) is 13.8 Å². The lowest BCUT2D eigenvalue weighted by molar-refractivity contribution is -0.117. The quantitative estimate of drug-likeness (QED) is 0.228. The van der Waals surface area contributed by atoms with Gasteiger partial charge in [0.2, 0.25) is 5.95 Å². The van der Waals surface area contributed by atoms with Crippen molar-refractivity contribution >= 4 is 46.8 Å². The molecule has 2 amide bonds. The van der Waals surface area contributed by atoms with Crippen molar-refractivity contribution in [2.24, 2.45) is 0 Å². The Labute approximate surface area is 241 Å². The number of amides is 2. The number of aryl methyl sites for hydroxylation is 1. The van der Waals surface area contributed by atoms with E-state index in [-0.39, 0.29) is 40.9 Å². The summed E-state index contributed by atoms with van der Waals surface area (Å²) in [5, 5.41) is 13.7. The van der Waals surface area contributed by atoms with Gasteiger partial charge in [-0.2, -0.15) is 10.0 Å². The van der Waals surface area contributed by atoms with Gasteiger partial charge in [-0.05, 0) is 32.1 Å². The number of nitrogens with one attached hydrogen (secondary N) is 2. The number of carbonyl (C=O) groups excluding carboxylic acids is 2. The summed E-state index contributed by atoms with van der Waals surface area (Å²) < 4.78 is 5.52. The van der Waals surface area contributed by atoms with Crippen LogP contribution in [-0.4, -0.2) is 93.3 Å². The Bertz CT molecular complexity index is 1510. The minimum Gasteiger partial charge on any atom is -0.496 e. The highest BCUT2D eigenvalue weighted by atomic mass is 35.5. The van der Waals surface area contributed by atoms with E-state index in [4.69, 9.17) is 22.1 Å². The summed E-state index contributed by atoms with van der Waals surface area (Å²) in [6, 6.07) is 3.36. The van der Waals surface area contributed by atoms with Crippen LogP contribution >= 0.6 is 11.6 Å². The molecule has 0 unspecified atom stereocenters. The number of nitrogen functional groups attached to an aromatic ring is 1. The van der Waals surface area contributed by atoms with E-state index in [0.29, 0.717) is 54.6 Å². The lowest BCUT2D eigenvalue weighted by atomic mass is 10.1. The van der Waals surface area contributed by atoms with Gasteiger partial charge in [-0.1, -0.05) is 11.6 Å². The predicted octanol–water partition coefficient (Wildman–Crippen LogP) is 1.88. The van der Waals surface area contributed by atoms with Crippen LogP contribution in [-0.2, 0) is 11.3 Å². The fourth-order valence-corrected chi connectivity index (χ4v) is 5.32. The summed E-state index contributed by atoms with van der Waals surface area (Å²) in [6.07, 6.45) is 3.31. The topological polar surface area (TPSA) is 166 Å². The second-order valence-electron chi connectivity index (χ2n) is 9.95. The molecule has 216 valence electrons. The number of methoxy groups -OCH3 is 1. The fourth-order valence-electron chi connectivity index (χ4n) is 5.04. The van der Waals surface area contributed by atoms with E-state index in [2.05, 4.69) is 30.2 Å². The number of anilines is 2. The van der Waals surface area contributed by atoms with E-state index in [9.17, 15) is 14.8 Å². The first-order valence-corrected chi connectivity index (χ1v) is 13.5. The number of ether oxygens (including phenoxy) is 1. The van der Waals surface area contributed by atoms with Crippen LogP contribution in [0.5, 0.6) is 5.75 Å². The van der Waals surface area contributed by atoms with Crippen LogP contribution in [0.4, 0.5) is 11.8 Å². The Morgan fingerprint density at radius 2 is 2.00 bits per heavy atom. The number of rotatable bonds is 8. The standard InChI is InChI=1S/C27H32ClN9O4/c1-15-13-31-20(16(2)22(15)41-3)14-37-24-21(23(28)33-27(29)34-24)18(26(37)39)12-17-4-5-19(32-17)25(38)30-6-7-35-8-10-36(40)11-9-35/h4-5,12-13,32,40H,6-11,14H2,1-3H3,(H,30,38)(H2,29,33,34)/b18-12-. The average Bonchev–Trinajstić information content (AvgIpc) is 3.50. The number of nitrogens with zero attached hydrogens (tertiary/aromatic N) is 6. The number of hydroxylamine groups is 2. The molecule has 0 bridgehead atoms. The molecule has 1 saturated heterocycles. The summed E-state index contributed by atoms with van der Waals surface area (Å²) in [5.41, 5.74) is 9.72. The molecular weight excluding hydrogens is 550 g/mol. The molecule has 0 aromatic carbocycles. The van der Waals surface area contributed by atoms with Gasteiger partial charge in [0, 0.05) is 62.3 Å². The molecule has 3 aromatic heterocycles. The molecule has 0 spiro atoms. The summed E-state index contributed by atoms with van der Waals surface area (Å²) in [5.74, 6) is 0.301. The van der Waals surface area contributed by atoms with Crippen molar-refractivity contribution in [1.82, 2.24) is 35.2 Å². The Morgan fingerprint density at radius 3 is 2.73 bits per heavy atom. The third-order valence-electron chi connectivity index (χ3n) is 7.24. The second-order valence-corrected chi connectivity index (χ2v) is 10.3. The van der Waals surface area contributed by atoms with Crippen molar-refractivity contribution in [1.29, 1.82) is 0 Å². The number of aromatic amines is 1. The highest BCUT2D eigenvalue weighted by Crippen LogP contribution is 2.41. The molecule has 14 heteroatoms. The first-order valence-electron chi connectivity index (χ1n) is 13.2. The van der Waals surface area contributed by atoms with E-state index in [1.165, 1.54) is 9.96 Å². The maximum atomic E-state index is 13.7. The summed E-state index contributed by atoms with van der Waals surface area (Å²) in [7, 11) is 1.59. The van der Waals surface area contributed by atoms with Crippen molar-refractivity contribution in [3.05, 3.63) is 57.3 Å². The Balaban J connectivity index is 1.36. The van der Waals surface area contributed by atoms with Gasteiger partial charge in [0.05, 0.1) is 30.5 Å². The second kappa shape index (κ2) is 11.8. The molecule has 41 heavy (non-hydrogen) atoms. The average molecular weight is 582 g/mol. The zero-order valence-electron chi connectivity index (χ0n) is 23.1. The third-order valence-corrected chi connectivity index (χ3v) is 7.51. The van der Waals surface area contributed by atoms with Crippen LogP contribution in [0.2, 0.25) is 5.15 Å². The molecule has 0 radical (unpaired) electrons. The number of carbonyl (C=O) groups is 2. The number of fused-ring (bicyclic) bond motifs is 1. The molecule has 3 aromatic rings. The van der Waals surface area contributed by atoms with Crippen molar-refractivity contribution < 1.29 is 19.5 Å². The zero-order valence-corrected chi connectivity index (χ0v) is 23.8. The van der Waals surface area contributed by atoms with Crippen molar-refractivity contribution in [2.75, 3.05) is 57.0 Å². The Morgan fingerprint density at radius 1 is 1.24 bits per heavy atom. The fraction of sp³-hybridized carbons (Fsp3) is 0.370. The van der Waals surface area contributed by atoms with E-state index >= 15 is 0 Å². The highest BCUT2D eigenvalue weighted by molar-refractivity contribution is 6.41. The minimum atomic E-state index is -0.355. The van der Waals surface area contributed by atoms with Gasteiger partial charge in [0.25, 0.3) is 11.8 Å². The van der Waals surface area contributed by atoms with Gasteiger partial charge < -0.3 is 26.0 Å². The zero-order chi connectivity index (χ0) is 29.3. The summed E-state index contributed by atoms with van der Waals surface area (Å²) >= 11 is 6.47. The number of halogens is 1. The smallest absolute Gasteiger partial charge is 0.267 e. The van der Waals surface area contributed by atoms with Crippen LogP contribution in [0.25, 0.3) is 11.6 Å². The number of hydrogen-bond donors (Lipinski definition) is 4. The van der Waals surface area contributed by atoms with Crippen LogP contribution in [0.3, 0.4) is 0 Å². The summed E-state index contributed by atoms with van der Waals surface area (Å²) in [4.78, 5) is 46.1. The largest absolute Gasteiger partial charge is 0.496 e. The molecule has 5 N–H and O–H groups in total. The molecule has 2 aliphatic rings. The monoisotopic (exact) mass is 581 g/mol. The van der Waals surface area contributed by atoms with Gasteiger partial charge in [0.1, 0.15) is 16.6 Å². The molecule has 0 atom stereocenters. The highest BCUT2D eigenvalue weighted by Gasteiger charge is 2.37. The molecule has 0 saturated carbocycles.